The number of aryl methyl sites for hydroxylation is 1. The van der Waals surface area contributed by atoms with Gasteiger partial charge >= 0.3 is 12.4 Å². The molecule has 2 aromatic carbocycles. The summed E-state index contributed by atoms with van der Waals surface area (Å²) in [7, 11) is 0. The Balaban J connectivity index is 1.83. The summed E-state index contributed by atoms with van der Waals surface area (Å²) < 4.78 is 89.2. The number of aromatic nitrogens is 1. The first-order valence-electron chi connectivity index (χ1n) is 9.23. The Labute approximate surface area is 188 Å². The molecule has 3 rings (SSSR count). The van der Waals surface area contributed by atoms with Gasteiger partial charge in [0, 0.05) is 11.1 Å². The van der Waals surface area contributed by atoms with E-state index in [-0.39, 0.29) is 24.9 Å². The standard InChI is InChI=1S/C21H16ClF6NO4/c1-11-16(29-18(33-11)13-4-2-3-12(7-13)9-30)10-32-17-6-5-14(8-15(17)22)19(31,20(23,24)25)21(26,27)28/h2-8,30-31H,9-10H2,1H3. The van der Waals surface area contributed by atoms with Crippen LogP contribution in [0.1, 0.15) is 22.6 Å². The van der Waals surface area contributed by atoms with E-state index in [0.29, 0.717) is 34.7 Å². The number of benzene rings is 2. The van der Waals surface area contributed by atoms with Crippen LogP contribution in [0.4, 0.5) is 26.3 Å². The first kappa shape index (κ1) is 24.9. The zero-order valence-electron chi connectivity index (χ0n) is 16.8. The molecule has 3 aromatic rings. The summed E-state index contributed by atoms with van der Waals surface area (Å²) in [5, 5.41) is 18.1. The van der Waals surface area contributed by atoms with Crippen LogP contribution in [0.5, 0.6) is 5.75 Å². The first-order chi connectivity index (χ1) is 15.3. The maximum atomic E-state index is 13.0. The summed E-state index contributed by atoms with van der Waals surface area (Å²) in [6, 6.07) is 8.33. The van der Waals surface area contributed by atoms with Crippen LogP contribution in [0.25, 0.3) is 11.5 Å². The Bertz CT molecular complexity index is 1130. The molecule has 5 nitrogen and oxygen atoms in total. The molecule has 0 aliphatic rings. The molecule has 0 aliphatic carbocycles. The summed E-state index contributed by atoms with van der Waals surface area (Å²) in [6.07, 6.45) is -12.1. The van der Waals surface area contributed by atoms with Crippen molar-refractivity contribution < 1.29 is 45.7 Å². The molecule has 0 fully saturated rings. The lowest BCUT2D eigenvalue weighted by molar-refractivity contribution is -0.376. The van der Waals surface area contributed by atoms with Gasteiger partial charge in [-0.25, -0.2) is 4.98 Å². The van der Waals surface area contributed by atoms with Gasteiger partial charge in [0.1, 0.15) is 23.8 Å². The number of aliphatic hydroxyl groups excluding tert-OH is 1. The average Bonchev–Trinajstić information content (AvgIpc) is 3.11. The maximum Gasteiger partial charge on any atom is 0.430 e. The number of hydrogen-bond donors (Lipinski definition) is 2. The van der Waals surface area contributed by atoms with Crippen molar-refractivity contribution in [2.45, 2.75) is 38.1 Å². The molecule has 0 saturated carbocycles. The van der Waals surface area contributed by atoms with Crippen molar-refractivity contribution in [2.24, 2.45) is 0 Å². The van der Waals surface area contributed by atoms with Gasteiger partial charge in [-0.1, -0.05) is 29.8 Å². The second-order valence-electron chi connectivity index (χ2n) is 7.02. The van der Waals surface area contributed by atoms with Crippen LogP contribution < -0.4 is 4.74 Å². The Morgan fingerprint density at radius 2 is 1.70 bits per heavy atom. The Morgan fingerprint density at radius 1 is 1.03 bits per heavy atom. The van der Waals surface area contributed by atoms with Gasteiger partial charge in [0.15, 0.2) is 0 Å². The molecule has 0 spiro atoms. The lowest BCUT2D eigenvalue weighted by atomic mass is 9.92. The van der Waals surface area contributed by atoms with E-state index in [1.54, 1.807) is 31.2 Å². The summed E-state index contributed by atoms with van der Waals surface area (Å²) >= 11 is 5.84. The number of alkyl halides is 6. The van der Waals surface area contributed by atoms with Crippen LogP contribution in [-0.4, -0.2) is 27.5 Å². The topological polar surface area (TPSA) is 75.7 Å². The van der Waals surface area contributed by atoms with Crippen molar-refractivity contribution >= 4 is 11.6 Å². The van der Waals surface area contributed by atoms with E-state index in [4.69, 9.17) is 20.8 Å². The van der Waals surface area contributed by atoms with Crippen LogP contribution in [-0.2, 0) is 18.8 Å². The molecule has 0 radical (unpaired) electrons. The molecule has 0 aliphatic heterocycles. The van der Waals surface area contributed by atoms with Gasteiger partial charge in [-0.15, -0.1) is 0 Å². The molecule has 0 amide bonds. The molecular formula is C21H16ClF6NO4. The molecule has 0 unspecified atom stereocenters. The predicted molar refractivity (Wildman–Crippen MR) is 104 cm³/mol. The molecular weight excluding hydrogens is 480 g/mol. The van der Waals surface area contributed by atoms with E-state index in [9.17, 15) is 36.6 Å². The number of rotatable bonds is 6. The predicted octanol–water partition coefficient (Wildman–Crippen LogP) is 5.69. The number of halogens is 7. The minimum absolute atomic E-state index is 0.185. The van der Waals surface area contributed by atoms with Gasteiger partial charge in [0.05, 0.1) is 11.6 Å². The van der Waals surface area contributed by atoms with Crippen LogP contribution in [0.3, 0.4) is 0 Å². The molecule has 1 heterocycles. The Hall–Kier alpha value is -2.76. The molecule has 1 aromatic heterocycles. The van der Waals surface area contributed by atoms with E-state index in [2.05, 4.69) is 4.98 Å². The quantitative estimate of drug-likeness (QED) is 0.430. The average molecular weight is 496 g/mol. The number of oxazole rings is 1. The summed E-state index contributed by atoms with van der Waals surface area (Å²) in [6.45, 7) is 1.15. The third-order valence-corrected chi connectivity index (χ3v) is 5.08. The Kier molecular flexibility index (Phi) is 6.69. The van der Waals surface area contributed by atoms with Crippen LogP contribution in [0, 0.1) is 6.92 Å². The van der Waals surface area contributed by atoms with Crippen LogP contribution in [0.15, 0.2) is 46.9 Å². The van der Waals surface area contributed by atoms with Gasteiger partial charge < -0.3 is 19.4 Å². The highest BCUT2D eigenvalue weighted by Gasteiger charge is 2.71. The van der Waals surface area contributed by atoms with Crippen molar-refractivity contribution in [3.8, 4) is 17.2 Å². The second-order valence-corrected chi connectivity index (χ2v) is 7.43. The number of ether oxygens (including phenoxy) is 1. The van der Waals surface area contributed by atoms with Gasteiger partial charge in [-0.2, -0.15) is 26.3 Å². The fourth-order valence-corrected chi connectivity index (χ4v) is 3.20. The SMILES string of the molecule is Cc1oc(-c2cccc(CO)c2)nc1COc1ccc(C(O)(C(F)(F)F)C(F)(F)F)cc1Cl. The fraction of sp³-hybridized carbons (Fsp3) is 0.286. The third-order valence-electron chi connectivity index (χ3n) is 4.78. The third kappa shape index (κ3) is 4.80. The van der Waals surface area contributed by atoms with Crippen molar-refractivity contribution in [3.05, 3.63) is 70.1 Å². The zero-order valence-corrected chi connectivity index (χ0v) is 17.5. The Morgan fingerprint density at radius 3 is 2.27 bits per heavy atom. The molecule has 0 atom stereocenters. The minimum atomic E-state index is -6.03. The molecule has 12 heteroatoms. The smallest absolute Gasteiger partial charge is 0.430 e. The van der Waals surface area contributed by atoms with Gasteiger partial charge in [-0.05, 0) is 36.8 Å². The second kappa shape index (κ2) is 8.88. The molecule has 2 N–H and O–H groups in total. The molecule has 178 valence electrons. The summed E-state index contributed by atoms with van der Waals surface area (Å²) in [5.41, 5.74) is -5.07. The van der Waals surface area contributed by atoms with Crippen LogP contribution in [0.2, 0.25) is 5.02 Å². The highest BCUT2D eigenvalue weighted by Crippen LogP contribution is 2.50. The lowest BCUT2D eigenvalue weighted by Crippen LogP contribution is -2.53. The fourth-order valence-electron chi connectivity index (χ4n) is 2.97. The summed E-state index contributed by atoms with van der Waals surface area (Å²) in [5.74, 6) is 0.359. The van der Waals surface area contributed by atoms with Gasteiger partial charge in [-0.3, -0.25) is 0 Å². The largest absolute Gasteiger partial charge is 0.486 e. The lowest BCUT2D eigenvalue weighted by Gasteiger charge is -2.32. The number of hydrogen-bond acceptors (Lipinski definition) is 5. The van der Waals surface area contributed by atoms with E-state index < -0.39 is 28.5 Å². The molecule has 0 saturated heterocycles. The monoisotopic (exact) mass is 495 g/mol. The summed E-state index contributed by atoms with van der Waals surface area (Å²) in [4.78, 5) is 4.27. The number of aliphatic hydroxyl groups is 2. The van der Waals surface area contributed by atoms with Crippen molar-refractivity contribution in [2.75, 3.05) is 0 Å². The van der Waals surface area contributed by atoms with E-state index in [1.165, 1.54) is 0 Å². The maximum absolute atomic E-state index is 13.0. The van der Waals surface area contributed by atoms with E-state index in [0.717, 1.165) is 6.07 Å². The first-order valence-corrected chi connectivity index (χ1v) is 9.61. The molecule has 0 bridgehead atoms. The highest BCUT2D eigenvalue weighted by molar-refractivity contribution is 6.32. The van der Waals surface area contributed by atoms with E-state index in [1.807, 2.05) is 0 Å². The normalized spacial score (nSPS) is 12.8. The van der Waals surface area contributed by atoms with Crippen LogP contribution >= 0.6 is 11.6 Å². The number of nitrogens with zero attached hydrogens (tertiary/aromatic N) is 1. The molecule has 33 heavy (non-hydrogen) atoms. The minimum Gasteiger partial charge on any atom is -0.486 e. The van der Waals surface area contributed by atoms with Crippen molar-refractivity contribution in [1.82, 2.24) is 4.98 Å². The zero-order chi connectivity index (χ0) is 24.6. The van der Waals surface area contributed by atoms with E-state index >= 15 is 0 Å². The highest BCUT2D eigenvalue weighted by atomic mass is 35.5. The van der Waals surface area contributed by atoms with Gasteiger partial charge in [0.25, 0.3) is 5.60 Å². The van der Waals surface area contributed by atoms with Crippen molar-refractivity contribution in [3.63, 3.8) is 0 Å². The van der Waals surface area contributed by atoms with Crippen molar-refractivity contribution in [1.29, 1.82) is 0 Å². The van der Waals surface area contributed by atoms with Gasteiger partial charge in [0.2, 0.25) is 5.89 Å².